The molecule has 4 heteroatoms. The first-order valence-electron chi connectivity index (χ1n) is 6.25. The van der Waals surface area contributed by atoms with Gasteiger partial charge in [0.25, 0.3) is 5.91 Å². The molecule has 0 aromatic heterocycles. The molecule has 0 fully saturated rings. The number of hydrogen-bond acceptors (Lipinski definition) is 2. The molecule has 0 heterocycles. The maximum Gasteiger partial charge on any atom is 0.256 e. The van der Waals surface area contributed by atoms with Gasteiger partial charge in [-0.15, -0.1) is 0 Å². The second kappa shape index (κ2) is 6.91. The Morgan fingerprint density at radius 2 is 1.40 bits per heavy atom. The fourth-order valence-corrected chi connectivity index (χ4v) is 2.21. The highest BCUT2D eigenvalue weighted by molar-refractivity contribution is 7.94. The van der Waals surface area contributed by atoms with Crippen molar-refractivity contribution in [2.24, 2.45) is 4.40 Å². The lowest BCUT2D eigenvalue weighted by molar-refractivity contribution is 0.0977. The summed E-state index contributed by atoms with van der Waals surface area (Å²) >= 11 is -0.146. The van der Waals surface area contributed by atoms with Crippen molar-refractivity contribution in [3.8, 4) is 0 Å². The van der Waals surface area contributed by atoms with Crippen molar-refractivity contribution in [1.29, 1.82) is 0 Å². The predicted molar refractivity (Wildman–Crippen MR) is 86.1 cm³/mol. The Kier molecular flexibility index (Phi) is 4.96. The molecule has 0 bridgehead atoms. The summed E-state index contributed by atoms with van der Waals surface area (Å²) in [6.07, 6.45) is 4.02. The molecule has 0 atom stereocenters. The van der Waals surface area contributed by atoms with E-state index in [0.717, 1.165) is 5.56 Å². The number of amidine groups is 1. The van der Waals surface area contributed by atoms with E-state index in [1.54, 1.807) is 12.1 Å². The molecule has 0 aliphatic carbocycles. The first-order valence-corrected chi connectivity index (χ1v) is 8.25. The molecule has 2 aromatic carbocycles. The Balaban J connectivity index is 2.24. The zero-order valence-corrected chi connectivity index (χ0v) is 12.4. The number of nitrogens with zero attached hydrogens (tertiary/aromatic N) is 1. The molecule has 102 valence electrons. The van der Waals surface area contributed by atoms with Gasteiger partial charge in [0.05, 0.1) is 0 Å². The first-order chi connectivity index (χ1) is 9.66. The molecular formula is C16H17N2OS+. The van der Waals surface area contributed by atoms with E-state index in [9.17, 15) is 4.79 Å². The molecule has 0 aliphatic heterocycles. The highest BCUT2D eigenvalue weighted by Gasteiger charge is 2.14. The van der Waals surface area contributed by atoms with Gasteiger partial charge in [-0.3, -0.25) is 4.79 Å². The standard InChI is InChI=1S/C16H16N2OS/c1-20(2)18-15(13-9-5-3-6-10-13)17-16(19)14-11-7-4-8-12-14/h3-12H,1-2H3/p+1. The van der Waals surface area contributed by atoms with E-state index in [1.807, 2.05) is 61.0 Å². The lowest BCUT2D eigenvalue weighted by atomic mass is 10.2. The van der Waals surface area contributed by atoms with Crippen LogP contribution in [0, 0.1) is 0 Å². The van der Waals surface area contributed by atoms with Crippen LogP contribution in [0.15, 0.2) is 65.1 Å². The third kappa shape index (κ3) is 3.96. The molecule has 20 heavy (non-hydrogen) atoms. The fourth-order valence-electron chi connectivity index (χ4n) is 1.70. The molecule has 0 radical (unpaired) electrons. The van der Waals surface area contributed by atoms with E-state index in [-0.39, 0.29) is 17.0 Å². The Labute approximate surface area is 122 Å². The van der Waals surface area contributed by atoms with Gasteiger partial charge in [-0.25, -0.2) is 0 Å². The van der Waals surface area contributed by atoms with Crippen molar-refractivity contribution in [3.05, 3.63) is 71.8 Å². The summed E-state index contributed by atoms with van der Waals surface area (Å²) in [5.41, 5.74) is 1.54. The van der Waals surface area contributed by atoms with Crippen molar-refractivity contribution < 1.29 is 4.79 Å². The Hall–Kier alpha value is -2.07. The number of carbonyl (C=O) groups is 1. The Morgan fingerprint density at radius 3 is 1.90 bits per heavy atom. The van der Waals surface area contributed by atoms with Gasteiger partial charge in [0, 0.05) is 11.1 Å². The molecule has 1 N–H and O–H groups in total. The summed E-state index contributed by atoms with van der Waals surface area (Å²) in [5, 5.41) is 2.90. The van der Waals surface area contributed by atoms with Gasteiger partial charge < -0.3 is 5.32 Å². The monoisotopic (exact) mass is 285 g/mol. The molecule has 0 aliphatic rings. The van der Waals surface area contributed by atoms with Crippen molar-refractivity contribution in [2.45, 2.75) is 0 Å². The van der Waals surface area contributed by atoms with E-state index in [4.69, 9.17) is 0 Å². The van der Waals surface area contributed by atoms with Crippen molar-refractivity contribution in [2.75, 3.05) is 12.5 Å². The number of carbonyl (C=O) groups excluding carboxylic acids is 1. The SMILES string of the molecule is C[S+](C)/N=C(/NC(=O)c1ccccc1)c1ccccc1. The summed E-state index contributed by atoms with van der Waals surface area (Å²) in [7, 11) is 0. The van der Waals surface area contributed by atoms with Crippen LogP contribution in [0.3, 0.4) is 0 Å². The quantitative estimate of drug-likeness (QED) is 0.526. The summed E-state index contributed by atoms with van der Waals surface area (Å²) in [4.78, 5) is 12.2. The van der Waals surface area contributed by atoms with Gasteiger partial charge in [0.15, 0.2) is 5.84 Å². The van der Waals surface area contributed by atoms with E-state index < -0.39 is 0 Å². The van der Waals surface area contributed by atoms with Crippen LogP contribution in [-0.2, 0) is 11.1 Å². The topological polar surface area (TPSA) is 41.5 Å². The highest BCUT2D eigenvalue weighted by Crippen LogP contribution is 2.04. The van der Waals surface area contributed by atoms with Gasteiger partial charge in [0.2, 0.25) is 0 Å². The predicted octanol–water partition coefficient (Wildman–Crippen LogP) is 2.66. The van der Waals surface area contributed by atoms with Gasteiger partial charge in [-0.05, 0) is 16.5 Å². The molecule has 0 saturated heterocycles. The second-order valence-corrected chi connectivity index (χ2v) is 6.13. The number of amides is 1. The molecule has 2 rings (SSSR count). The minimum atomic E-state index is -0.146. The highest BCUT2D eigenvalue weighted by atomic mass is 32.2. The minimum absolute atomic E-state index is 0.140. The van der Waals surface area contributed by atoms with Crippen LogP contribution in [0.25, 0.3) is 0 Å². The third-order valence-corrected chi connectivity index (χ3v) is 3.14. The van der Waals surface area contributed by atoms with Crippen molar-refractivity contribution in [1.82, 2.24) is 5.32 Å². The van der Waals surface area contributed by atoms with Crippen LogP contribution in [0.5, 0.6) is 0 Å². The number of rotatable bonds is 3. The summed E-state index contributed by atoms with van der Waals surface area (Å²) < 4.78 is 4.53. The second-order valence-electron chi connectivity index (χ2n) is 4.40. The van der Waals surface area contributed by atoms with E-state index in [0.29, 0.717) is 11.4 Å². The zero-order chi connectivity index (χ0) is 14.4. The van der Waals surface area contributed by atoms with Crippen LogP contribution >= 0.6 is 0 Å². The van der Waals surface area contributed by atoms with Crippen LogP contribution in [0.4, 0.5) is 0 Å². The lowest BCUT2D eigenvalue weighted by Crippen LogP contribution is -2.32. The molecule has 3 nitrogen and oxygen atoms in total. The average Bonchev–Trinajstić information content (AvgIpc) is 2.48. The summed E-state index contributed by atoms with van der Waals surface area (Å²) in [6.45, 7) is 0. The summed E-state index contributed by atoms with van der Waals surface area (Å²) in [5.74, 6) is 0.478. The van der Waals surface area contributed by atoms with Gasteiger partial charge in [-0.2, -0.15) is 0 Å². The van der Waals surface area contributed by atoms with Crippen molar-refractivity contribution >= 4 is 22.8 Å². The van der Waals surface area contributed by atoms with Gasteiger partial charge in [-0.1, -0.05) is 48.5 Å². The van der Waals surface area contributed by atoms with Crippen LogP contribution < -0.4 is 5.32 Å². The Bertz CT molecular complexity index is 594. The lowest BCUT2D eigenvalue weighted by Gasteiger charge is -2.07. The minimum Gasteiger partial charge on any atom is -0.302 e. The Morgan fingerprint density at radius 1 is 0.900 bits per heavy atom. The van der Waals surface area contributed by atoms with Gasteiger partial charge in [0.1, 0.15) is 23.6 Å². The maximum atomic E-state index is 12.2. The third-order valence-electron chi connectivity index (χ3n) is 2.59. The van der Waals surface area contributed by atoms with Crippen LogP contribution in [-0.4, -0.2) is 24.3 Å². The zero-order valence-electron chi connectivity index (χ0n) is 11.5. The molecular weight excluding hydrogens is 268 g/mol. The smallest absolute Gasteiger partial charge is 0.256 e. The molecule has 0 saturated carbocycles. The van der Waals surface area contributed by atoms with Crippen molar-refractivity contribution in [3.63, 3.8) is 0 Å². The number of hydrogen-bond donors (Lipinski definition) is 1. The van der Waals surface area contributed by atoms with Crippen LogP contribution in [0.1, 0.15) is 15.9 Å². The number of benzene rings is 2. The average molecular weight is 285 g/mol. The first kappa shape index (κ1) is 14.3. The molecule has 0 spiro atoms. The van der Waals surface area contributed by atoms with Gasteiger partial charge >= 0.3 is 0 Å². The van der Waals surface area contributed by atoms with E-state index >= 15 is 0 Å². The maximum absolute atomic E-state index is 12.2. The number of nitrogens with one attached hydrogen (secondary N) is 1. The fraction of sp³-hybridized carbons (Fsp3) is 0.125. The molecule has 2 aromatic rings. The largest absolute Gasteiger partial charge is 0.302 e. The summed E-state index contributed by atoms with van der Waals surface area (Å²) in [6, 6.07) is 18.8. The normalized spacial score (nSPS) is 11.4. The van der Waals surface area contributed by atoms with E-state index in [1.165, 1.54) is 0 Å². The molecule has 1 amide bonds. The van der Waals surface area contributed by atoms with Crippen LogP contribution in [0.2, 0.25) is 0 Å². The molecule has 0 unspecified atom stereocenters. The van der Waals surface area contributed by atoms with E-state index in [2.05, 4.69) is 9.71 Å².